The largest absolute Gasteiger partial charge is 0.546 e. The highest BCUT2D eigenvalue weighted by molar-refractivity contribution is 8.18. The topological polar surface area (TPSA) is 105 Å². The molecule has 0 saturated carbocycles. The number of aliphatic carboxylic acids is 1. The van der Waals surface area contributed by atoms with Gasteiger partial charge in [-0.15, -0.1) is 0 Å². The number of carboxylic acids is 1. The van der Waals surface area contributed by atoms with Crippen LogP contribution < -0.4 is 19.9 Å². The van der Waals surface area contributed by atoms with Crippen LogP contribution in [0.3, 0.4) is 0 Å². The van der Waals surface area contributed by atoms with Crippen LogP contribution in [-0.4, -0.2) is 30.3 Å². The molecule has 1 aliphatic rings. The van der Waals surface area contributed by atoms with E-state index in [4.69, 9.17) is 9.47 Å². The van der Waals surface area contributed by atoms with E-state index in [0.717, 1.165) is 11.8 Å². The molecule has 0 spiro atoms. The van der Waals surface area contributed by atoms with Crippen LogP contribution in [-0.2, 0) is 9.59 Å². The molecule has 0 bridgehead atoms. The average molecular weight is 322 g/mol. The Morgan fingerprint density at radius 2 is 2.09 bits per heavy atom. The fourth-order valence-electron chi connectivity index (χ4n) is 1.68. The molecule has 0 radical (unpaired) electrons. The maximum absolute atomic E-state index is 11.5. The monoisotopic (exact) mass is 322 g/mol. The minimum Gasteiger partial charge on any atom is -0.546 e. The lowest BCUT2D eigenvalue weighted by Gasteiger charge is -2.17. The van der Waals surface area contributed by atoms with E-state index in [9.17, 15) is 19.5 Å². The third kappa shape index (κ3) is 3.59. The Morgan fingerprint density at radius 3 is 2.64 bits per heavy atom. The Labute approximate surface area is 130 Å². The molecular weight excluding hydrogens is 310 g/mol. The van der Waals surface area contributed by atoms with Gasteiger partial charge in [0.2, 0.25) is 0 Å². The third-order valence-electron chi connectivity index (χ3n) is 2.76. The zero-order chi connectivity index (χ0) is 16.3. The van der Waals surface area contributed by atoms with E-state index >= 15 is 0 Å². The zero-order valence-electron chi connectivity index (χ0n) is 11.7. The molecule has 1 aromatic rings. The number of imide groups is 1. The van der Waals surface area contributed by atoms with E-state index in [1.54, 1.807) is 12.1 Å². The second-order valence-corrected chi connectivity index (χ2v) is 5.36. The summed E-state index contributed by atoms with van der Waals surface area (Å²) >= 11 is 0.804. The quantitative estimate of drug-likeness (QED) is 0.789. The van der Waals surface area contributed by atoms with Gasteiger partial charge in [-0.1, -0.05) is 6.07 Å². The summed E-state index contributed by atoms with van der Waals surface area (Å²) in [5.41, 5.74) is 0.609. The van der Waals surface area contributed by atoms with Crippen molar-refractivity contribution in [3.05, 3.63) is 28.7 Å². The molecule has 1 fully saturated rings. The number of rotatable bonds is 5. The van der Waals surface area contributed by atoms with E-state index in [0.29, 0.717) is 11.3 Å². The molecule has 2 rings (SSSR count). The van der Waals surface area contributed by atoms with E-state index in [-0.39, 0.29) is 10.7 Å². The van der Waals surface area contributed by atoms with Crippen LogP contribution >= 0.6 is 11.8 Å². The molecule has 1 atom stereocenters. The standard InChI is InChI=1S/C14H13NO6S/c1-7(13(17)18)21-9-4-3-8(5-10(9)20-2)6-11-12(16)15-14(19)22-11/h3-7H,1-2H3,(H,17,18)(H,15,16,19)/p-1/b11-6+/t7-/m0/s1. The molecule has 8 heteroatoms. The molecule has 1 N–H and O–H groups in total. The van der Waals surface area contributed by atoms with Gasteiger partial charge in [0.1, 0.15) is 6.10 Å². The van der Waals surface area contributed by atoms with Gasteiger partial charge in [-0.3, -0.25) is 14.9 Å². The summed E-state index contributed by atoms with van der Waals surface area (Å²) < 4.78 is 10.4. The molecule has 1 heterocycles. The lowest BCUT2D eigenvalue weighted by molar-refractivity contribution is -0.312. The Morgan fingerprint density at radius 1 is 1.36 bits per heavy atom. The van der Waals surface area contributed by atoms with E-state index in [2.05, 4.69) is 5.32 Å². The summed E-state index contributed by atoms with van der Waals surface area (Å²) in [6, 6.07) is 4.70. The van der Waals surface area contributed by atoms with Gasteiger partial charge in [-0.05, 0) is 42.5 Å². The van der Waals surface area contributed by atoms with Crippen molar-refractivity contribution in [2.75, 3.05) is 7.11 Å². The maximum Gasteiger partial charge on any atom is 0.290 e. The van der Waals surface area contributed by atoms with Crippen molar-refractivity contribution in [1.82, 2.24) is 5.32 Å². The number of hydrogen-bond acceptors (Lipinski definition) is 7. The average Bonchev–Trinajstić information content (AvgIpc) is 2.78. The van der Waals surface area contributed by atoms with E-state index in [1.165, 1.54) is 26.2 Å². The van der Waals surface area contributed by atoms with Gasteiger partial charge in [-0.2, -0.15) is 0 Å². The highest BCUT2D eigenvalue weighted by atomic mass is 32.2. The molecule has 1 aromatic carbocycles. The number of methoxy groups -OCH3 is 1. The minimum atomic E-state index is -1.34. The van der Waals surface area contributed by atoms with Crippen molar-refractivity contribution in [2.24, 2.45) is 0 Å². The lowest BCUT2D eigenvalue weighted by atomic mass is 10.2. The first-order valence-electron chi connectivity index (χ1n) is 6.21. The summed E-state index contributed by atoms with van der Waals surface area (Å²) in [5.74, 6) is -1.26. The number of hydrogen-bond donors (Lipinski definition) is 1. The maximum atomic E-state index is 11.5. The molecular formula is C14H12NO6S-. The first kappa shape index (κ1) is 15.9. The van der Waals surface area contributed by atoms with Crippen molar-refractivity contribution in [3.63, 3.8) is 0 Å². The van der Waals surface area contributed by atoms with Gasteiger partial charge in [0.25, 0.3) is 11.1 Å². The smallest absolute Gasteiger partial charge is 0.290 e. The number of carbonyl (C=O) groups is 3. The van der Waals surface area contributed by atoms with Crippen molar-refractivity contribution >= 4 is 35.0 Å². The third-order valence-corrected chi connectivity index (χ3v) is 3.57. The highest BCUT2D eigenvalue weighted by Gasteiger charge is 2.25. The van der Waals surface area contributed by atoms with Gasteiger partial charge < -0.3 is 19.4 Å². The number of carbonyl (C=O) groups excluding carboxylic acids is 3. The Balaban J connectivity index is 2.26. The van der Waals surface area contributed by atoms with Gasteiger partial charge in [-0.25, -0.2) is 0 Å². The van der Waals surface area contributed by atoms with E-state index in [1.807, 2.05) is 0 Å². The molecule has 1 aliphatic heterocycles. The van der Waals surface area contributed by atoms with Crippen LogP contribution in [0.1, 0.15) is 12.5 Å². The molecule has 0 unspecified atom stereocenters. The molecule has 1 saturated heterocycles. The fourth-order valence-corrected chi connectivity index (χ4v) is 2.36. The molecule has 116 valence electrons. The van der Waals surface area contributed by atoms with Gasteiger partial charge in [0.15, 0.2) is 11.5 Å². The Bertz CT molecular complexity index is 669. The normalized spacial score (nSPS) is 17.3. The van der Waals surface area contributed by atoms with Gasteiger partial charge in [0.05, 0.1) is 18.0 Å². The van der Waals surface area contributed by atoms with Crippen LogP contribution in [0.15, 0.2) is 23.1 Å². The highest BCUT2D eigenvalue weighted by Crippen LogP contribution is 2.32. The first-order chi connectivity index (χ1) is 10.4. The first-order valence-corrected chi connectivity index (χ1v) is 7.02. The molecule has 0 aromatic heterocycles. The second kappa shape index (κ2) is 6.52. The molecule has 22 heavy (non-hydrogen) atoms. The number of benzene rings is 1. The minimum absolute atomic E-state index is 0.237. The Kier molecular flexibility index (Phi) is 4.71. The van der Waals surface area contributed by atoms with Crippen LogP contribution in [0.25, 0.3) is 6.08 Å². The van der Waals surface area contributed by atoms with Crippen molar-refractivity contribution in [1.29, 1.82) is 0 Å². The predicted octanol–water partition coefficient (Wildman–Crippen LogP) is 0.536. The summed E-state index contributed by atoms with van der Waals surface area (Å²) in [7, 11) is 1.41. The molecule has 2 amide bonds. The molecule has 7 nitrogen and oxygen atoms in total. The van der Waals surface area contributed by atoms with Crippen molar-refractivity contribution in [3.8, 4) is 11.5 Å². The zero-order valence-corrected chi connectivity index (χ0v) is 12.6. The number of nitrogens with one attached hydrogen (secondary N) is 1. The second-order valence-electron chi connectivity index (χ2n) is 4.34. The van der Waals surface area contributed by atoms with Crippen molar-refractivity contribution < 1.29 is 29.0 Å². The fraction of sp³-hybridized carbons (Fsp3) is 0.214. The SMILES string of the molecule is COc1cc(/C=C2/SC(=O)NC2=O)ccc1O[C@@H](C)C(=O)[O-]. The summed E-state index contributed by atoms with van der Waals surface area (Å²) in [6.07, 6.45) is 0.395. The lowest BCUT2D eigenvalue weighted by Crippen LogP contribution is -2.37. The van der Waals surface area contributed by atoms with Crippen LogP contribution in [0.2, 0.25) is 0 Å². The summed E-state index contributed by atoms with van der Waals surface area (Å²) in [5, 5.41) is 12.4. The van der Waals surface area contributed by atoms with Gasteiger partial charge >= 0.3 is 0 Å². The number of thioether (sulfide) groups is 1. The number of ether oxygens (including phenoxy) is 2. The van der Waals surface area contributed by atoms with Crippen LogP contribution in [0.4, 0.5) is 4.79 Å². The summed E-state index contributed by atoms with van der Waals surface area (Å²) in [6.45, 7) is 1.34. The summed E-state index contributed by atoms with van der Waals surface area (Å²) in [4.78, 5) is 33.6. The van der Waals surface area contributed by atoms with Crippen LogP contribution in [0, 0.1) is 0 Å². The number of amides is 2. The van der Waals surface area contributed by atoms with Crippen molar-refractivity contribution in [2.45, 2.75) is 13.0 Å². The predicted molar refractivity (Wildman–Crippen MR) is 77.2 cm³/mol. The molecule has 0 aliphatic carbocycles. The Hall–Kier alpha value is -2.48. The van der Waals surface area contributed by atoms with Gasteiger partial charge in [0, 0.05) is 0 Å². The van der Waals surface area contributed by atoms with Crippen LogP contribution in [0.5, 0.6) is 11.5 Å². The van der Waals surface area contributed by atoms with E-state index < -0.39 is 23.2 Å². The number of carboxylic acid groups (broad SMARTS) is 1.